The van der Waals surface area contributed by atoms with E-state index >= 15 is 0 Å². The van der Waals surface area contributed by atoms with Gasteiger partial charge in [-0.05, 0) is 24.6 Å². The van der Waals surface area contributed by atoms with E-state index in [1.165, 1.54) is 18.3 Å². The maximum Gasteiger partial charge on any atom is 0.274 e. The van der Waals surface area contributed by atoms with Gasteiger partial charge in [0.05, 0.1) is 11.0 Å². The average molecular weight is 334 g/mol. The van der Waals surface area contributed by atoms with E-state index in [9.17, 15) is 10.1 Å². The number of nitrogens with zero attached hydrogens (tertiary/aromatic N) is 3. The minimum atomic E-state index is -0.521. The topological polar surface area (TPSA) is 89.1 Å². The van der Waals surface area contributed by atoms with Crippen molar-refractivity contribution < 1.29 is 9.66 Å². The molecule has 0 radical (unpaired) electrons. The predicted octanol–water partition coefficient (Wildman–Crippen LogP) is 3.72. The summed E-state index contributed by atoms with van der Waals surface area (Å²) in [5.74, 6) is 0.362. The number of pyridine rings is 1. The molecule has 0 fully saturated rings. The lowest BCUT2D eigenvalue weighted by Crippen LogP contribution is -1.95. The Morgan fingerprint density at radius 2 is 2.20 bits per heavy atom. The number of nitro groups is 1. The molecule has 0 aliphatic carbocycles. The minimum Gasteiger partial charge on any atom is -0.437 e. The molecule has 0 aliphatic heterocycles. The lowest BCUT2D eigenvalue weighted by atomic mass is 10.2. The Labute approximate surface area is 122 Å². The van der Waals surface area contributed by atoms with Crippen molar-refractivity contribution in [1.82, 2.24) is 4.98 Å². The third-order valence-corrected chi connectivity index (χ3v) is 2.98. The van der Waals surface area contributed by atoms with Crippen LogP contribution in [0.4, 0.5) is 5.69 Å². The highest BCUT2D eigenvalue weighted by atomic mass is 79.9. The van der Waals surface area contributed by atoms with Gasteiger partial charge < -0.3 is 4.74 Å². The van der Waals surface area contributed by atoms with Gasteiger partial charge in [-0.2, -0.15) is 5.26 Å². The van der Waals surface area contributed by atoms with Crippen molar-refractivity contribution in [2.45, 2.75) is 6.92 Å². The van der Waals surface area contributed by atoms with Gasteiger partial charge in [0.1, 0.15) is 17.4 Å². The molecule has 0 saturated carbocycles. The van der Waals surface area contributed by atoms with Crippen LogP contribution in [0, 0.1) is 28.4 Å². The fourth-order valence-corrected chi connectivity index (χ4v) is 2.03. The fourth-order valence-electron chi connectivity index (χ4n) is 1.57. The highest BCUT2D eigenvalue weighted by molar-refractivity contribution is 9.10. The number of aryl methyl sites for hydroxylation is 1. The molecule has 2 rings (SSSR count). The van der Waals surface area contributed by atoms with Gasteiger partial charge in [-0.1, -0.05) is 15.9 Å². The maximum atomic E-state index is 10.8. The van der Waals surface area contributed by atoms with E-state index in [1.54, 1.807) is 19.1 Å². The molecule has 2 aromatic rings. The Hall–Kier alpha value is -2.46. The van der Waals surface area contributed by atoms with Gasteiger partial charge in [0.25, 0.3) is 5.69 Å². The quantitative estimate of drug-likeness (QED) is 0.630. The van der Waals surface area contributed by atoms with Crippen LogP contribution in [0.1, 0.15) is 11.1 Å². The monoisotopic (exact) mass is 333 g/mol. The summed E-state index contributed by atoms with van der Waals surface area (Å²) in [7, 11) is 0. The molecule has 100 valence electrons. The standard InChI is InChI=1S/C13H8BrN3O3/c1-8-2-3-16-13(12(8)7-15)20-11-5-9(14)4-10(6-11)17(18)19/h2-6H,1H3. The Kier molecular flexibility index (Phi) is 3.96. The van der Waals surface area contributed by atoms with Gasteiger partial charge in [0.15, 0.2) is 0 Å². The van der Waals surface area contributed by atoms with Crippen molar-refractivity contribution in [3.63, 3.8) is 0 Å². The molecule has 0 unspecified atom stereocenters. The van der Waals surface area contributed by atoms with Crippen molar-refractivity contribution in [2.75, 3.05) is 0 Å². The van der Waals surface area contributed by atoms with E-state index in [0.29, 0.717) is 10.0 Å². The van der Waals surface area contributed by atoms with E-state index in [4.69, 9.17) is 10.00 Å². The Morgan fingerprint density at radius 1 is 1.45 bits per heavy atom. The summed E-state index contributed by atoms with van der Waals surface area (Å²) in [6, 6.07) is 7.90. The molecule has 0 aliphatic rings. The molecule has 6 nitrogen and oxygen atoms in total. The smallest absolute Gasteiger partial charge is 0.274 e. The molecule has 1 heterocycles. The van der Waals surface area contributed by atoms with Crippen LogP contribution in [0.15, 0.2) is 34.9 Å². The average Bonchev–Trinajstić information content (AvgIpc) is 2.38. The van der Waals surface area contributed by atoms with Gasteiger partial charge in [-0.15, -0.1) is 0 Å². The van der Waals surface area contributed by atoms with Crippen LogP contribution < -0.4 is 4.74 Å². The first kappa shape index (κ1) is 14.0. The van der Waals surface area contributed by atoms with Gasteiger partial charge in [0.2, 0.25) is 5.88 Å². The maximum absolute atomic E-state index is 10.8. The van der Waals surface area contributed by atoms with Crippen LogP contribution in [0.2, 0.25) is 0 Å². The van der Waals surface area contributed by atoms with Crippen molar-refractivity contribution in [3.8, 4) is 17.7 Å². The van der Waals surface area contributed by atoms with Crippen LogP contribution in [0.3, 0.4) is 0 Å². The summed E-state index contributed by atoms with van der Waals surface area (Å²) < 4.78 is 5.99. The second kappa shape index (κ2) is 5.67. The first-order chi connectivity index (χ1) is 9.51. The van der Waals surface area contributed by atoms with Crippen molar-refractivity contribution in [2.24, 2.45) is 0 Å². The number of halogens is 1. The van der Waals surface area contributed by atoms with E-state index in [1.807, 2.05) is 6.07 Å². The largest absolute Gasteiger partial charge is 0.437 e. The number of benzene rings is 1. The van der Waals surface area contributed by atoms with Crippen LogP contribution >= 0.6 is 15.9 Å². The zero-order valence-corrected chi connectivity index (χ0v) is 11.9. The Balaban J connectivity index is 2.43. The highest BCUT2D eigenvalue weighted by Crippen LogP contribution is 2.30. The van der Waals surface area contributed by atoms with Crippen molar-refractivity contribution in [1.29, 1.82) is 5.26 Å². The van der Waals surface area contributed by atoms with Crippen LogP contribution in [-0.4, -0.2) is 9.91 Å². The summed E-state index contributed by atoms with van der Waals surface area (Å²) in [6.07, 6.45) is 1.51. The summed E-state index contributed by atoms with van der Waals surface area (Å²) in [4.78, 5) is 14.3. The number of rotatable bonds is 3. The lowest BCUT2D eigenvalue weighted by Gasteiger charge is -2.08. The fraction of sp³-hybridized carbons (Fsp3) is 0.0769. The molecule has 0 saturated heterocycles. The van der Waals surface area contributed by atoms with Crippen molar-refractivity contribution >= 4 is 21.6 Å². The highest BCUT2D eigenvalue weighted by Gasteiger charge is 2.13. The van der Waals surface area contributed by atoms with E-state index in [0.717, 1.165) is 5.56 Å². The van der Waals surface area contributed by atoms with Crippen LogP contribution in [0.5, 0.6) is 11.6 Å². The molecule has 0 amide bonds. The molecular weight excluding hydrogens is 326 g/mol. The Bertz CT molecular complexity index is 725. The van der Waals surface area contributed by atoms with Crippen LogP contribution in [0.25, 0.3) is 0 Å². The number of non-ortho nitro benzene ring substituents is 1. The zero-order valence-electron chi connectivity index (χ0n) is 10.3. The number of nitro benzene ring substituents is 1. The number of ether oxygens (including phenoxy) is 1. The zero-order chi connectivity index (χ0) is 14.7. The van der Waals surface area contributed by atoms with Gasteiger partial charge >= 0.3 is 0 Å². The third kappa shape index (κ3) is 2.92. The number of aromatic nitrogens is 1. The number of nitriles is 1. The summed E-state index contributed by atoms with van der Waals surface area (Å²) in [6.45, 7) is 1.76. The van der Waals surface area contributed by atoms with Crippen molar-refractivity contribution in [3.05, 3.63) is 56.2 Å². The first-order valence-electron chi connectivity index (χ1n) is 5.50. The first-order valence-corrected chi connectivity index (χ1v) is 6.29. The molecule has 0 spiro atoms. The molecule has 0 atom stereocenters. The summed E-state index contributed by atoms with van der Waals surface area (Å²) in [5, 5.41) is 19.9. The summed E-state index contributed by atoms with van der Waals surface area (Å²) in [5.41, 5.74) is 0.915. The third-order valence-electron chi connectivity index (χ3n) is 2.52. The van der Waals surface area contributed by atoms with Gasteiger partial charge in [0, 0.05) is 16.7 Å². The molecule has 0 bridgehead atoms. The number of hydrogen-bond donors (Lipinski definition) is 0. The van der Waals surface area contributed by atoms with Crippen LogP contribution in [-0.2, 0) is 0 Å². The van der Waals surface area contributed by atoms with Gasteiger partial charge in [-0.3, -0.25) is 10.1 Å². The van der Waals surface area contributed by atoms with E-state index < -0.39 is 4.92 Å². The number of hydrogen-bond acceptors (Lipinski definition) is 5. The SMILES string of the molecule is Cc1ccnc(Oc2cc(Br)cc([N+](=O)[O-])c2)c1C#N. The summed E-state index contributed by atoms with van der Waals surface area (Å²) >= 11 is 3.17. The van der Waals surface area contributed by atoms with E-state index in [-0.39, 0.29) is 17.3 Å². The molecule has 20 heavy (non-hydrogen) atoms. The van der Waals surface area contributed by atoms with E-state index in [2.05, 4.69) is 20.9 Å². The van der Waals surface area contributed by atoms with Gasteiger partial charge in [-0.25, -0.2) is 4.98 Å². The molecule has 7 heteroatoms. The predicted molar refractivity (Wildman–Crippen MR) is 74.6 cm³/mol. The second-order valence-corrected chi connectivity index (χ2v) is 4.84. The Morgan fingerprint density at radius 3 is 2.85 bits per heavy atom. The molecule has 1 aromatic heterocycles. The molecule has 0 N–H and O–H groups in total. The minimum absolute atomic E-state index is 0.111. The second-order valence-electron chi connectivity index (χ2n) is 3.92. The normalized spacial score (nSPS) is 9.85. The molecule has 1 aromatic carbocycles. The lowest BCUT2D eigenvalue weighted by molar-refractivity contribution is -0.385. The molecular formula is C13H8BrN3O3.